The predicted octanol–water partition coefficient (Wildman–Crippen LogP) is 1.01. The lowest BCUT2D eigenvalue weighted by atomic mass is 10.1. The van der Waals surface area contributed by atoms with Crippen LogP contribution in [0.4, 0.5) is 0 Å². The third kappa shape index (κ3) is 2.23. The van der Waals surface area contributed by atoms with E-state index in [-0.39, 0.29) is 0 Å². The number of hydrogen-bond donors (Lipinski definition) is 2. The van der Waals surface area contributed by atoms with Crippen molar-refractivity contribution in [2.75, 3.05) is 13.6 Å². The molecule has 0 rings (SSSR count). The third-order valence-corrected chi connectivity index (χ3v) is 1.52. The summed E-state index contributed by atoms with van der Waals surface area (Å²) >= 11 is 0. The van der Waals surface area contributed by atoms with Gasteiger partial charge in [-0.2, -0.15) is 0 Å². The van der Waals surface area contributed by atoms with Crippen LogP contribution in [-0.4, -0.2) is 13.6 Å². The van der Waals surface area contributed by atoms with Crippen molar-refractivity contribution in [3.63, 3.8) is 0 Å². The van der Waals surface area contributed by atoms with Crippen LogP contribution in [0.5, 0.6) is 0 Å². The van der Waals surface area contributed by atoms with Crippen LogP contribution in [0.2, 0.25) is 0 Å². The van der Waals surface area contributed by atoms with E-state index in [2.05, 4.69) is 18.8 Å². The van der Waals surface area contributed by atoms with E-state index in [4.69, 9.17) is 5.73 Å². The van der Waals surface area contributed by atoms with Crippen LogP contribution >= 0.6 is 0 Å². The van der Waals surface area contributed by atoms with Gasteiger partial charge in [0.1, 0.15) is 0 Å². The Morgan fingerprint density at radius 2 is 2.30 bits per heavy atom. The molecule has 0 spiro atoms. The van der Waals surface area contributed by atoms with Crippen LogP contribution in [0, 0.1) is 0 Å². The summed E-state index contributed by atoms with van der Waals surface area (Å²) in [5.74, 6) is 0. The number of nitrogens with one attached hydrogen (secondary N) is 1. The minimum Gasteiger partial charge on any atom is -0.390 e. The third-order valence-electron chi connectivity index (χ3n) is 1.52. The number of allylic oxidation sites excluding steroid dienone is 2. The van der Waals surface area contributed by atoms with Gasteiger partial charge in [0.15, 0.2) is 0 Å². The number of nitrogens with two attached hydrogens (primary N) is 1. The first kappa shape index (κ1) is 9.24. The molecule has 2 heteroatoms. The lowest BCUT2D eigenvalue weighted by Gasteiger charge is -2.07. The lowest BCUT2D eigenvalue weighted by Crippen LogP contribution is -2.17. The molecule has 0 aliphatic carbocycles. The van der Waals surface area contributed by atoms with Gasteiger partial charge in [0.05, 0.1) is 0 Å². The molecule has 0 radical (unpaired) electrons. The maximum absolute atomic E-state index is 5.47. The molecule has 0 aromatic carbocycles. The molecule has 58 valence electrons. The molecule has 0 saturated heterocycles. The summed E-state index contributed by atoms with van der Waals surface area (Å²) in [4.78, 5) is 0. The quantitative estimate of drug-likeness (QED) is 0.572. The molecular formula is C8H16N2. The van der Waals surface area contributed by atoms with Crippen LogP contribution in [0.1, 0.15) is 13.3 Å². The Bertz CT molecular complexity index is 130. The maximum Gasteiger partial charge on any atom is 0.0331 e. The van der Waals surface area contributed by atoms with Crippen molar-refractivity contribution in [1.29, 1.82) is 0 Å². The first-order valence-electron chi connectivity index (χ1n) is 3.52. The lowest BCUT2D eigenvalue weighted by molar-refractivity contribution is 0.888. The largest absolute Gasteiger partial charge is 0.390 e. The molecule has 0 aromatic rings. The van der Waals surface area contributed by atoms with E-state index in [1.54, 1.807) is 0 Å². The zero-order valence-electron chi connectivity index (χ0n) is 6.78. The average Bonchev–Trinajstić information content (AvgIpc) is 2.00. The minimum atomic E-state index is 0.561. The summed E-state index contributed by atoms with van der Waals surface area (Å²) in [6.45, 7) is 6.34. The molecule has 0 amide bonds. The van der Waals surface area contributed by atoms with E-state index in [1.807, 2.05) is 13.1 Å². The summed E-state index contributed by atoms with van der Waals surface area (Å²) in [7, 11) is 1.88. The predicted molar refractivity (Wildman–Crippen MR) is 45.6 cm³/mol. The molecule has 0 aromatic heterocycles. The molecule has 0 fully saturated rings. The summed E-state index contributed by atoms with van der Waals surface area (Å²) in [6, 6.07) is 0. The number of likely N-dealkylation sites (N-methyl/N-ethyl adjacent to an activating group) is 1. The van der Waals surface area contributed by atoms with Crippen LogP contribution in [0.3, 0.4) is 0 Å². The van der Waals surface area contributed by atoms with Crippen LogP contribution < -0.4 is 11.1 Å². The highest BCUT2D eigenvalue weighted by atomic mass is 14.9. The smallest absolute Gasteiger partial charge is 0.0331 e. The maximum atomic E-state index is 5.47. The fraction of sp³-hybridized carbons (Fsp3) is 0.500. The topological polar surface area (TPSA) is 38.0 Å². The summed E-state index contributed by atoms with van der Waals surface area (Å²) in [5.41, 5.74) is 7.75. The molecule has 0 saturated carbocycles. The van der Waals surface area contributed by atoms with Gasteiger partial charge in [0.25, 0.3) is 0 Å². The zero-order valence-corrected chi connectivity index (χ0v) is 6.78. The Hall–Kier alpha value is -0.760. The van der Waals surface area contributed by atoms with E-state index >= 15 is 0 Å². The molecule has 0 aliphatic rings. The Balaban J connectivity index is 4.35. The van der Waals surface area contributed by atoms with Crippen LogP contribution in [0.25, 0.3) is 0 Å². The van der Waals surface area contributed by atoms with E-state index < -0.39 is 0 Å². The van der Waals surface area contributed by atoms with Gasteiger partial charge in [-0.25, -0.2) is 0 Å². The van der Waals surface area contributed by atoms with Crippen molar-refractivity contribution < 1.29 is 0 Å². The number of rotatable bonds is 4. The summed E-state index contributed by atoms with van der Waals surface area (Å²) in [5, 5.41) is 3.04. The Kier molecular flexibility index (Phi) is 4.67. The van der Waals surface area contributed by atoms with Gasteiger partial charge in [-0.15, -0.1) is 0 Å². The van der Waals surface area contributed by atoms with Gasteiger partial charge in [0, 0.05) is 19.3 Å². The Morgan fingerprint density at radius 1 is 1.70 bits per heavy atom. The van der Waals surface area contributed by atoms with Crippen molar-refractivity contribution in [3.05, 3.63) is 23.9 Å². The van der Waals surface area contributed by atoms with Gasteiger partial charge in [-0.1, -0.05) is 19.6 Å². The summed E-state index contributed by atoms with van der Waals surface area (Å²) < 4.78 is 0. The van der Waals surface area contributed by atoms with E-state index in [0.717, 1.165) is 12.1 Å². The molecule has 0 bridgehead atoms. The first-order valence-corrected chi connectivity index (χ1v) is 3.52. The molecule has 0 aliphatic heterocycles. The zero-order chi connectivity index (χ0) is 7.98. The molecule has 3 N–H and O–H groups in total. The van der Waals surface area contributed by atoms with Gasteiger partial charge in [-0.05, 0) is 12.0 Å². The fourth-order valence-corrected chi connectivity index (χ4v) is 0.875. The molecule has 10 heavy (non-hydrogen) atoms. The van der Waals surface area contributed by atoms with Crippen molar-refractivity contribution in [2.45, 2.75) is 13.3 Å². The normalized spacial score (nSPS) is 12.3. The highest BCUT2D eigenvalue weighted by Crippen LogP contribution is 2.04. The highest BCUT2D eigenvalue weighted by Gasteiger charge is 1.95. The summed E-state index contributed by atoms with van der Waals surface area (Å²) in [6.07, 6.45) is 2.83. The first-order chi connectivity index (χ1) is 4.79. The van der Waals surface area contributed by atoms with Crippen molar-refractivity contribution >= 4 is 0 Å². The van der Waals surface area contributed by atoms with Crippen LogP contribution in [-0.2, 0) is 0 Å². The van der Waals surface area contributed by atoms with Crippen molar-refractivity contribution in [1.82, 2.24) is 5.32 Å². The van der Waals surface area contributed by atoms with Gasteiger partial charge in [0.2, 0.25) is 0 Å². The molecular weight excluding hydrogens is 124 g/mol. The molecule has 0 heterocycles. The highest BCUT2D eigenvalue weighted by molar-refractivity contribution is 5.23. The number of hydrogen-bond acceptors (Lipinski definition) is 2. The van der Waals surface area contributed by atoms with E-state index in [9.17, 15) is 0 Å². The molecule has 0 atom stereocenters. The van der Waals surface area contributed by atoms with E-state index in [0.29, 0.717) is 6.54 Å². The fourth-order valence-electron chi connectivity index (χ4n) is 0.875. The van der Waals surface area contributed by atoms with Gasteiger partial charge in [-0.3, -0.25) is 0 Å². The second-order valence-corrected chi connectivity index (χ2v) is 2.02. The van der Waals surface area contributed by atoms with Gasteiger partial charge < -0.3 is 11.1 Å². The van der Waals surface area contributed by atoms with Crippen molar-refractivity contribution in [2.24, 2.45) is 5.73 Å². The SMILES string of the molecule is C=C/C(CC)=C(/CN)NC. The average molecular weight is 140 g/mol. The minimum absolute atomic E-state index is 0.561. The second-order valence-electron chi connectivity index (χ2n) is 2.02. The van der Waals surface area contributed by atoms with Crippen molar-refractivity contribution in [3.8, 4) is 0 Å². The Morgan fingerprint density at radius 3 is 2.40 bits per heavy atom. The van der Waals surface area contributed by atoms with Crippen LogP contribution in [0.15, 0.2) is 23.9 Å². The Labute approximate surface area is 62.8 Å². The standard InChI is InChI=1S/C8H16N2/c1-4-7(5-2)8(6-9)10-3/h4,10H,1,5-6,9H2,2-3H3/b8-7+. The molecule has 0 unspecified atom stereocenters. The second kappa shape index (κ2) is 5.06. The molecule has 2 nitrogen and oxygen atoms in total. The monoisotopic (exact) mass is 140 g/mol. The van der Waals surface area contributed by atoms with Gasteiger partial charge >= 0.3 is 0 Å². The van der Waals surface area contributed by atoms with E-state index in [1.165, 1.54) is 5.57 Å².